The van der Waals surface area contributed by atoms with Crippen LogP contribution in [-0.4, -0.2) is 16.1 Å². The molecule has 0 aromatic carbocycles. The molecule has 0 fully saturated rings. The zero-order valence-electron chi connectivity index (χ0n) is 10.7. The minimum Gasteiger partial charge on any atom is -0.310 e. The van der Waals surface area contributed by atoms with E-state index in [9.17, 15) is 4.79 Å². The molecule has 0 aliphatic carbocycles. The summed E-state index contributed by atoms with van der Waals surface area (Å²) in [5.74, 6) is 0.530. The van der Waals surface area contributed by atoms with Crippen LogP contribution in [-0.2, 0) is 4.79 Å². The molecule has 0 saturated carbocycles. The van der Waals surface area contributed by atoms with E-state index in [4.69, 9.17) is 5.26 Å². The van der Waals surface area contributed by atoms with Gasteiger partial charge in [0.15, 0.2) is 0 Å². The van der Waals surface area contributed by atoms with Crippen LogP contribution in [0.25, 0.3) is 0 Å². The molecular formula is C12H18N4O. The minimum absolute atomic E-state index is 0.0867. The van der Waals surface area contributed by atoms with E-state index in [2.05, 4.69) is 36.3 Å². The number of amides is 1. The first-order valence-corrected chi connectivity index (χ1v) is 5.58. The number of aromatic amines is 1. The van der Waals surface area contributed by atoms with Crippen molar-refractivity contribution < 1.29 is 4.79 Å². The highest BCUT2D eigenvalue weighted by Crippen LogP contribution is 2.28. The molecule has 0 aliphatic rings. The van der Waals surface area contributed by atoms with Gasteiger partial charge in [0, 0.05) is 6.42 Å². The first-order chi connectivity index (χ1) is 7.84. The molecule has 1 aromatic heterocycles. The van der Waals surface area contributed by atoms with Crippen LogP contribution in [0, 0.1) is 22.7 Å². The predicted molar refractivity (Wildman–Crippen MR) is 65.2 cm³/mol. The van der Waals surface area contributed by atoms with E-state index in [1.807, 2.05) is 13.0 Å². The lowest BCUT2D eigenvalue weighted by atomic mass is 9.80. The Morgan fingerprint density at radius 1 is 1.65 bits per heavy atom. The van der Waals surface area contributed by atoms with Crippen LogP contribution in [0.3, 0.4) is 0 Å². The highest BCUT2D eigenvalue weighted by atomic mass is 16.1. The fourth-order valence-electron chi connectivity index (χ4n) is 1.24. The largest absolute Gasteiger partial charge is 0.310 e. The topological polar surface area (TPSA) is 81.6 Å². The quantitative estimate of drug-likeness (QED) is 0.841. The van der Waals surface area contributed by atoms with Crippen LogP contribution < -0.4 is 5.32 Å². The number of carbonyl (C=O) groups is 1. The smallest absolute Gasteiger partial charge is 0.225 e. The number of H-pyrrole nitrogens is 1. The van der Waals surface area contributed by atoms with Crippen molar-refractivity contribution in [1.29, 1.82) is 5.26 Å². The zero-order chi connectivity index (χ0) is 13.1. The van der Waals surface area contributed by atoms with Crippen molar-refractivity contribution >= 4 is 11.7 Å². The third-order valence-corrected chi connectivity index (χ3v) is 2.99. The summed E-state index contributed by atoms with van der Waals surface area (Å²) < 4.78 is 0. The van der Waals surface area contributed by atoms with Gasteiger partial charge in [-0.3, -0.25) is 9.89 Å². The molecule has 1 rings (SSSR count). The number of nitrogens with one attached hydrogen (secondary N) is 2. The number of hydrogen-bond donors (Lipinski definition) is 2. The third-order valence-electron chi connectivity index (χ3n) is 2.99. The van der Waals surface area contributed by atoms with Gasteiger partial charge in [0.1, 0.15) is 17.5 Å². The summed E-state index contributed by atoms with van der Waals surface area (Å²) in [7, 11) is 0. The zero-order valence-corrected chi connectivity index (χ0v) is 10.7. The monoisotopic (exact) mass is 234 g/mol. The van der Waals surface area contributed by atoms with E-state index in [1.165, 1.54) is 6.20 Å². The number of nitrogens with zero attached hydrogens (tertiary/aromatic N) is 2. The summed E-state index contributed by atoms with van der Waals surface area (Å²) in [4.78, 5) is 11.8. The number of rotatable bonds is 3. The van der Waals surface area contributed by atoms with Gasteiger partial charge in [0.05, 0.1) is 6.20 Å². The SMILES string of the molecule is CC(CC(=O)Nc1[nH]ncc1C#N)C(C)(C)C. The van der Waals surface area contributed by atoms with Crippen molar-refractivity contribution in [3.8, 4) is 6.07 Å². The Bertz CT molecular complexity index is 436. The van der Waals surface area contributed by atoms with E-state index in [1.54, 1.807) is 0 Å². The molecule has 92 valence electrons. The summed E-state index contributed by atoms with van der Waals surface area (Å²) in [5.41, 5.74) is 0.436. The van der Waals surface area contributed by atoms with Crippen molar-refractivity contribution in [2.45, 2.75) is 34.1 Å². The lowest BCUT2D eigenvalue weighted by Gasteiger charge is -2.26. The van der Waals surface area contributed by atoms with Crippen molar-refractivity contribution in [2.24, 2.45) is 11.3 Å². The molecule has 0 bridgehead atoms. The van der Waals surface area contributed by atoms with Crippen LogP contribution in [0.15, 0.2) is 6.20 Å². The first-order valence-electron chi connectivity index (χ1n) is 5.58. The molecule has 5 nitrogen and oxygen atoms in total. The Labute approximate surface area is 101 Å². The lowest BCUT2D eigenvalue weighted by Crippen LogP contribution is -2.24. The molecule has 0 spiro atoms. The highest BCUT2D eigenvalue weighted by Gasteiger charge is 2.23. The summed E-state index contributed by atoms with van der Waals surface area (Å²) in [6.07, 6.45) is 1.82. The fraction of sp³-hybridized carbons (Fsp3) is 0.583. The van der Waals surface area contributed by atoms with Gasteiger partial charge in [-0.2, -0.15) is 10.4 Å². The van der Waals surface area contributed by atoms with E-state index < -0.39 is 0 Å². The molecule has 17 heavy (non-hydrogen) atoms. The Balaban J connectivity index is 2.60. The molecule has 0 radical (unpaired) electrons. The molecule has 1 unspecified atom stereocenters. The van der Waals surface area contributed by atoms with Crippen molar-refractivity contribution in [1.82, 2.24) is 10.2 Å². The summed E-state index contributed by atoms with van der Waals surface area (Å²) in [5, 5.41) is 17.7. The fourth-order valence-corrected chi connectivity index (χ4v) is 1.24. The van der Waals surface area contributed by atoms with Gasteiger partial charge in [-0.15, -0.1) is 0 Å². The van der Waals surface area contributed by atoms with Crippen molar-refractivity contribution in [3.63, 3.8) is 0 Å². The number of nitriles is 1. The molecule has 1 atom stereocenters. The van der Waals surface area contributed by atoms with Gasteiger partial charge >= 0.3 is 0 Å². The van der Waals surface area contributed by atoms with Crippen molar-refractivity contribution in [3.05, 3.63) is 11.8 Å². The summed E-state index contributed by atoms with van der Waals surface area (Å²) in [6.45, 7) is 8.34. The predicted octanol–water partition coefficient (Wildman–Crippen LogP) is 2.29. The number of aromatic nitrogens is 2. The molecule has 2 N–H and O–H groups in total. The standard InChI is InChI=1S/C12H18N4O/c1-8(12(2,3)4)5-10(17)15-11-9(6-13)7-14-16-11/h7-8H,5H2,1-4H3,(H2,14,15,16,17). The van der Waals surface area contributed by atoms with Gasteiger partial charge in [-0.25, -0.2) is 0 Å². The Kier molecular flexibility index (Phi) is 3.89. The van der Waals surface area contributed by atoms with E-state index >= 15 is 0 Å². The number of carbonyl (C=O) groups excluding carboxylic acids is 1. The molecular weight excluding hydrogens is 216 g/mol. The maximum absolute atomic E-state index is 11.8. The van der Waals surface area contributed by atoms with Gasteiger partial charge < -0.3 is 5.32 Å². The second-order valence-electron chi connectivity index (χ2n) is 5.29. The maximum Gasteiger partial charge on any atom is 0.225 e. The van der Waals surface area contributed by atoms with Gasteiger partial charge in [0.25, 0.3) is 0 Å². The minimum atomic E-state index is -0.104. The molecule has 1 heterocycles. The molecule has 0 aliphatic heterocycles. The first kappa shape index (κ1) is 13.2. The van der Waals surface area contributed by atoms with Crippen LogP contribution in [0.2, 0.25) is 0 Å². The molecule has 5 heteroatoms. The molecule has 0 saturated heterocycles. The highest BCUT2D eigenvalue weighted by molar-refractivity contribution is 5.91. The number of anilines is 1. The van der Waals surface area contributed by atoms with Gasteiger partial charge in [0.2, 0.25) is 5.91 Å². The second-order valence-corrected chi connectivity index (χ2v) is 5.29. The summed E-state index contributed by atoms with van der Waals surface area (Å²) >= 11 is 0. The van der Waals surface area contributed by atoms with Crippen molar-refractivity contribution in [2.75, 3.05) is 5.32 Å². The van der Waals surface area contributed by atoms with Gasteiger partial charge in [-0.1, -0.05) is 27.7 Å². The maximum atomic E-state index is 11.8. The average Bonchev–Trinajstić information content (AvgIpc) is 2.63. The second kappa shape index (κ2) is 5.00. The van der Waals surface area contributed by atoms with E-state index in [0.717, 1.165) is 0 Å². The summed E-state index contributed by atoms with van der Waals surface area (Å²) in [6, 6.07) is 1.96. The van der Waals surface area contributed by atoms with Crippen LogP contribution in [0.1, 0.15) is 39.7 Å². The molecule has 1 aromatic rings. The number of hydrogen-bond acceptors (Lipinski definition) is 3. The normalized spacial score (nSPS) is 12.9. The molecule has 1 amide bonds. The van der Waals surface area contributed by atoms with E-state index in [0.29, 0.717) is 17.8 Å². The van der Waals surface area contributed by atoms with Crippen LogP contribution in [0.5, 0.6) is 0 Å². The Hall–Kier alpha value is -1.83. The lowest BCUT2D eigenvalue weighted by molar-refractivity contribution is -0.117. The van der Waals surface area contributed by atoms with Crippen LogP contribution >= 0.6 is 0 Å². The third kappa shape index (κ3) is 3.59. The van der Waals surface area contributed by atoms with Gasteiger partial charge in [-0.05, 0) is 11.3 Å². The average molecular weight is 234 g/mol. The Morgan fingerprint density at radius 3 is 2.82 bits per heavy atom. The van der Waals surface area contributed by atoms with Crippen LogP contribution in [0.4, 0.5) is 5.82 Å². The Morgan fingerprint density at radius 2 is 2.29 bits per heavy atom. The van der Waals surface area contributed by atoms with E-state index in [-0.39, 0.29) is 17.2 Å².